The van der Waals surface area contributed by atoms with Gasteiger partial charge in [0.15, 0.2) is 0 Å². The molecular weight excluding hydrogens is 601 g/mol. The fourth-order valence-corrected chi connectivity index (χ4v) is 80.5. The van der Waals surface area contributed by atoms with E-state index in [4.69, 9.17) is 0 Å². The first-order valence-electron chi connectivity index (χ1n) is 16.3. The molecule has 0 aromatic carbocycles. The lowest BCUT2D eigenvalue weighted by atomic mass is 10.7. The summed E-state index contributed by atoms with van der Waals surface area (Å²) in [5.41, 5.74) is 9.28. The van der Waals surface area contributed by atoms with Gasteiger partial charge in [-0.2, -0.15) is 0 Å². The van der Waals surface area contributed by atoms with E-state index in [1.165, 1.54) is 71.4 Å². The number of rotatable bonds is 18. The van der Waals surface area contributed by atoms with Gasteiger partial charge in [0.1, 0.15) is 0 Å². The van der Waals surface area contributed by atoms with Crippen LogP contribution in [0.5, 0.6) is 0 Å². The summed E-state index contributed by atoms with van der Waals surface area (Å²) in [6.45, 7) is 44.6. The number of hydrogen-bond donors (Lipinski definition) is 0. The third-order valence-corrected chi connectivity index (χ3v) is 59.4. The van der Waals surface area contributed by atoms with Gasteiger partial charge in [-0.1, -0.05) is 108 Å². The lowest BCUT2D eigenvalue weighted by Gasteiger charge is -2.53. The highest BCUT2D eigenvalue weighted by atomic mass is 28.5. The van der Waals surface area contributed by atoms with Crippen LogP contribution in [0.3, 0.4) is 0 Å². The van der Waals surface area contributed by atoms with Gasteiger partial charge >= 0.3 is 0 Å². The molecular formula is C36H66Si6. The van der Waals surface area contributed by atoms with Crippen LogP contribution in [0.15, 0.2) is 114 Å². The van der Waals surface area contributed by atoms with Gasteiger partial charge < -0.3 is 0 Å². The first kappa shape index (κ1) is 39.0. The highest BCUT2D eigenvalue weighted by Gasteiger charge is 2.54. The maximum Gasteiger partial charge on any atom is 0.0558 e. The Kier molecular flexibility index (Phi) is 16.2. The molecule has 2 saturated heterocycles. The highest BCUT2D eigenvalue weighted by Crippen LogP contribution is 2.50. The molecule has 6 heteroatoms. The Balaban J connectivity index is 0.000000437. The predicted molar refractivity (Wildman–Crippen MR) is 216 cm³/mol. The first-order valence-corrected chi connectivity index (χ1v) is 34.1. The van der Waals surface area contributed by atoms with Crippen molar-refractivity contribution in [3.8, 4) is 0 Å². The average molecular weight is 667 g/mol. The van der Waals surface area contributed by atoms with E-state index < -0.39 is 48.4 Å². The molecule has 0 atom stereocenters. The maximum absolute atomic E-state index is 4.11. The van der Waals surface area contributed by atoms with Gasteiger partial charge in [-0.3, -0.25) is 0 Å². The molecule has 0 aromatic heterocycles. The van der Waals surface area contributed by atoms with Crippen molar-refractivity contribution < 1.29 is 0 Å². The lowest BCUT2D eigenvalue weighted by molar-refractivity contribution is 1.18. The van der Waals surface area contributed by atoms with Crippen molar-refractivity contribution >= 4 is 48.4 Å². The van der Waals surface area contributed by atoms with Crippen molar-refractivity contribution in [2.24, 2.45) is 0 Å². The summed E-state index contributed by atoms with van der Waals surface area (Å²) >= 11 is 0. The van der Waals surface area contributed by atoms with E-state index in [1.54, 1.807) is 17.0 Å². The zero-order chi connectivity index (χ0) is 32.0. The van der Waals surface area contributed by atoms with E-state index in [2.05, 4.69) is 134 Å². The van der Waals surface area contributed by atoms with Gasteiger partial charge in [0.05, 0.1) is 24.2 Å². The Morgan fingerprint density at radius 1 is 0.310 bits per heavy atom. The molecule has 2 aliphatic rings. The standard InChI is InChI=1S/C21H36Si3.C15H30Si3/c1-7-13-22(14-8-2)19-23(15-9-3,16-10-4)21-24(20-22,17-11-5)18-12-6;1-7-10-16(4)13-17(5,11-8-2)15-18(6,14-16)12-9-3/h7-12H,1-6,13-21H2;7-9H,1-3,10-15H2,4-6H3. The molecule has 0 saturated carbocycles. The zero-order valence-corrected chi connectivity index (χ0v) is 34.2. The van der Waals surface area contributed by atoms with E-state index >= 15 is 0 Å². The zero-order valence-electron chi connectivity index (χ0n) is 28.2. The summed E-state index contributed by atoms with van der Waals surface area (Å²) in [5.74, 6) is 0. The molecule has 2 rings (SSSR count). The largest absolute Gasteiger partial charge is 0.103 e. The fourth-order valence-electron chi connectivity index (χ4n) is 10.3. The van der Waals surface area contributed by atoms with Gasteiger partial charge in [-0.15, -0.1) is 59.2 Å². The van der Waals surface area contributed by atoms with E-state index in [9.17, 15) is 0 Å². The normalized spacial score (nSPS) is 28.9. The van der Waals surface area contributed by atoms with Crippen LogP contribution in [0.25, 0.3) is 0 Å². The van der Waals surface area contributed by atoms with E-state index in [0.717, 1.165) is 0 Å². The Labute approximate surface area is 269 Å². The van der Waals surface area contributed by atoms with Crippen LogP contribution < -0.4 is 0 Å². The Hall–Kier alpha value is -1.04. The van der Waals surface area contributed by atoms with Crippen molar-refractivity contribution in [3.05, 3.63) is 114 Å². The molecule has 0 aliphatic carbocycles. The lowest BCUT2D eigenvalue weighted by Crippen LogP contribution is -2.61. The summed E-state index contributed by atoms with van der Waals surface area (Å²) in [6.07, 6.45) is 19.8. The number of hydrogen-bond acceptors (Lipinski definition) is 0. The van der Waals surface area contributed by atoms with Gasteiger partial charge in [0, 0.05) is 24.2 Å². The summed E-state index contributed by atoms with van der Waals surface area (Å²) < 4.78 is 0. The second-order valence-electron chi connectivity index (χ2n) is 15.4. The molecule has 2 fully saturated rings. The van der Waals surface area contributed by atoms with Gasteiger partial charge in [0.2, 0.25) is 0 Å². The maximum atomic E-state index is 4.11. The second kappa shape index (κ2) is 17.4. The van der Waals surface area contributed by atoms with Crippen molar-refractivity contribution in [1.29, 1.82) is 0 Å². The molecule has 0 aromatic rings. The third kappa shape index (κ3) is 11.1. The molecule has 2 aliphatic heterocycles. The molecule has 0 spiro atoms. The smallest absolute Gasteiger partial charge is 0.0558 e. The molecule has 0 N–H and O–H groups in total. The third-order valence-electron chi connectivity index (χ3n) is 10.2. The van der Waals surface area contributed by atoms with Crippen LogP contribution in [-0.2, 0) is 0 Å². The first-order chi connectivity index (χ1) is 19.8. The number of allylic oxidation sites excluding steroid dienone is 9. The molecule has 0 amide bonds. The van der Waals surface area contributed by atoms with E-state index in [1.807, 2.05) is 0 Å². The SMILES string of the molecule is C=CC[Si]1(C)C[Si](C)(CC=C)C[Si](C)(CC=C)C1.C=CC[Si]1(CC=C)C[Si](CC=C)(CC=C)C[Si](CC=C)(CC=C)C1. The van der Waals surface area contributed by atoms with Crippen molar-refractivity contribution in [2.45, 2.75) is 108 Å². The topological polar surface area (TPSA) is 0 Å². The molecule has 42 heavy (non-hydrogen) atoms. The molecule has 2 heterocycles. The summed E-state index contributed by atoms with van der Waals surface area (Å²) in [7, 11) is -7.43. The van der Waals surface area contributed by atoms with Crippen LogP contribution in [0.4, 0.5) is 0 Å². The monoisotopic (exact) mass is 666 g/mol. The summed E-state index contributed by atoms with van der Waals surface area (Å²) in [4.78, 5) is 0. The molecule has 0 bridgehead atoms. The van der Waals surface area contributed by atoms with Gasteiger partial charge in [-0.25, -0.2) is 0 Å². The van der Waals surface area contributed by atoms with Crippen LogP contribution in [-0.4, -0.2) is 48.4 Å². The molecule has 234 valence electrons. The second-order valence-corrected chi connectivity index (χ2v) is 47.5. The van der Waals surface area contributed by atoms with Gasteiger partial charge in [0.25, 0.3) is 0 Å². The Morgan fingerprint density at radius 2 is 0.476 bits per heavy atom. The van der Waals surface area contributed by atoms with Gasteiger partial charge in [-0.05, 0) is 54.4 Å². The minimum atomic E-state index is -1.41. The fraction of sp³-hybridized carbons (Fsp3) is 0.500. The van der Waals surface area contributed by atoms with Crippen molar-refractivity contribution in [2.75, 3.05) is 0 Å². The minimum absolute atomic E-state index is 1.07. The molecule has 0 nitrogen and oxygen atoms in total. The summed E-state index contributed by atoms with van der Waals surface area (Å²) in [6, 6.07) is 11.4. The molecule has 0 unspecified atom stereocenters. The van der Waals surface area contributed by atoms with E-state index in [0.29, 0.717) is 0 Å². The van der Waals surface area contributed by atoms with Crippen LogP contribution in [0, 0.1) is 0 Å². The van der Waals surface area contributed by atoms with Crippen molar-refractivity contribution in [3.63, 3.8) is 0 Å². The Morgan fingerprint density at radius 3 is 0.619 bits per heavy atom. The van der Waals surface area contributed by atoms with Crippen LogP contribution in [0.2, 0.25) is 108 Å². The minimum Gasteiger partial charge on any atom is -0.103 e. The Bertz CT molecular complexity index is 804. The summed E-state index contributed by atoms with van der Waals surface area (Å²) in [5, 5.41) is 0. The van der Waals surface area contributed by atoms with Crippen LogP contribution in [0.1, 0.15) is 0 Å². The average Bonchev–Trinajstić information content (AvgIpc) is 2.84. The predicted octanol–water partition coefficient (Wildman–Crippen LogP) is 12.5. The van der Waals surface area contributed by atoms with Crippen molar-refractivity contribution in [1.82, 2.24) is 0 Å². The van der Waals surface area contributed by atoms with Crippen LogP contribution >= 0.6 is 0 Å². The quantitative estimate of drug-likeness (QED) is 0.101. The highest BCUT2D eigenvalue weighted by molar-refractivity contribution is 7.15. The molecule has 0 radical (unpaired) electrons. The van der Waals surface area contributed by atoms with E-state index in [-0.39, 0.29) is 0 Å².